The number of amides is 1. The van der Waals surface area contributed by atoms with Crippen molar-refractivity contribution in [3.05, 3.63) is 76.1 Å². The molecule has 0 aliphatic carbocycles. The minimum Gasteiger partial charge on any atom is -0.445 e. The molecule has 7 heteroatoms. The standard InChI is InChI=1S/C25H27NO6/c1-3-5-11-21(26-25(29)30-16-17-9-7-6-8-10-17)24(28)31-19-12-13-20-18(4-2)14-23(27)32-22(20)15-19/h6-10,12-15,21H,3-5,11,16H2,1-2H3,(H,26,29)/t21-/m0/s1. The molecule has 3 rings (SSSR count). The molecule has 0 unspecified atom stereocenters. The number of alkyl carbamates (subject to hydrolysis) is 1. The summed E-state index contributed by atoms with van der Waals surface area (Å²) in [5.74, 6) is -0.372. The number of benzene rings is 2. The van der Waals surface area contributed by atoms with Crippen LogP contribution in [0, 0.1) is 0 Å². The first kappa shape index (κ1) is 23.1. The van der Waals surface area contributed by atoms with Gasteiger partial charge in [0, 0.05) is 17.5 Å². The first-order valence-electron chi connectivity index (χ1n) is 10.8. The number of carbonyl (C=O) groups is 2. The molecule has 0 bridgehead atoms. The van der Waals surface area contributed by atoms with Crippen LogP contribution in [0.1, 0.15) is 44.2 Å². The molecule has 1 N–H and O–H groups in total. The Balaban J connectivity index is 1.68. The van der Waals surface area contributed by atoms with E-state index in [0.717, 1.165) is 29.4 Å². The molecule has 0 fully saturated rings. The number of nitrogens with one attached hydrogen (secondary N) is 1. The molecule has 2 aromatic carbocycles. The fraction of sp³-hybridized carbons (Fsp3) is 0.320. The molecule has 0 saturated heterocycles. The number of fused-ring (bicyclic) bond motifs is 1. The first-order chi connectivity index (χ1) is 15.5. The highest BCUT2D eigenvalue weighted by Gasteiger charge is 2.23. The lowest BCUT2D eigenvalue weighted by Gasteiger charge is -2.17. The zero-order chi connectivity index (χ0) is 22.9. The maximum absolute atomic E-state index is 12.8. The van der Waals surface area contributed by atoms with Crippen LogP contribution < -0.4 is 15.7 Å². The number of carbonyl (C=O) groups excluding carboxylic acids is 2. The number of hydrogen-bond acceptors (Lipinski definition) is 6. The number of esters is 1. The summed E-state index contributed by atoms with van der Waals surface area (Å²) in [6, 6.07) is 14.8. The van der Waals surface area contributed by atoms with Gasteiger partial charge in [-0.25, -0.2) is 14.4 Å². The first-order valence-corrected chi connectivity index (χ1v) is 10.8. The maximum Gasteiger partial charge on any atom is 0.408 e. The Hall–Kier alpha value is -3.61. The number of unbranched alkanes of at least 4 members (excludes halogenated alkanes) is 1. The third-order valence-electron chi connectivity index (χ3n) is 5.04. The van der Waals surface area contributed by atoms with Crippen molar-refractivity contribution >= 4 is 23.0 Å². The molecule has 0 saturated carbocycles. The molecule has 1 heterocycles. The van der Waals surface area contributed by atoms with Crippen molar-refractivity contribution in [3.8, 4) is 5.75 Å². The predicted molar refractivity (Wildman–Crippen MR) is 121 cm³/mol. The fourth-order valence-electron chi connectivity index (χ4n) is 3.32. The van der Waals surface area contributed by atoms with Gasteiger partial charge < -0.3 is 19.2 Å². The Labute approximate surface area is 186 Å². The van der Waals surface area contributed by atoms with Crippen LogP contribution in [-0.2, 0) is 22.6 Å². The van der Waals surface area contributed by atoms with E-state index in [1.165, 1.54) is 12.1 Å². The Kier molecular flexibility index (Phi) is 8.02. The van der Waals surface area contributed by atoms with E-state index >= 15 is 0 Å². The molecule has 1 aromatic heterocycles. The Morgan fingerprint density at radius 2 is 1.84 bits per heavy atom. The van der Waals surface area contributed by atoms with Gasteiger partial charge in [0.1, 0.15) is 24.0 Å². The highest BCUT2D eigenvalue weighted by Crippen LogP contribution is 2.23. The molecular weight excluding hydrogens is 410 g/mol. The van der Waals surface area contributed by atoms with E-state index in [-0.39, 0.29) is 12.4 Å². The molecule has 0 radical (unpaired) electrons. The Morgan fingerprint density at radius 3 is 2.56 bits per heavy atom. The smallest absolute Gasteiger partial charge is 0.408 e. The molecule has 0 aliphatic heterocycles. The summed E-state index contributed by atoms with van der Waals surface area (Å²) >= 11 is 0. The van der Waals surface area contributed by atoms with Crippen molar-refractivity contribution in [3.63, 3.8) is 0 Å². The quantitative estimate of drug-likeness (QED) is 0.295. The largest absolute Gasteiger partial charge is 0.445 e. The van der Waals surface area contributed by atoms with Crippen LogP contribution in [0.2, 0.25) is 0 Å². The minimum atomic E-state index is -0.858. The van der Waals surface area contributed by atoms with Crippen LogP contribution in [-0.4, -0.2) is 18.1 Å². The van der Waals surface area contributed by atoms with Crippen LogP contribution in [0.25, 0.3) is 11.0 Å². The van der Waals surface area contributed by atoms with Gasteiger partial charge in [-0.2, -0.15) is 0 Å². The zero-order valence-corrected chi connectivity index (χ0v) is 18.3. The Morgan fingerprint density at radius 1 is 1.06 bits per heavy atom. The van der Waals surface area contributed by atoms with Gasteiger partial charge in [0.05, 0.1) is 0 Å². The van der Waals surface area contributed by atoms with Crippen molar-refractivity contribution in [1.82, 2.24) is 5.32 Å². The van der Waals surface area contributed by atoms with Crippen LogP contribution in [0.3, 0.4) is 0 Å². The van der Waals surface area contributed by atoms with Gasteiger partial charge in [-0.15, -0.1) is 0 Å². The molecular formula is C25H27NO6. The number of rotatable bonds is 9. The van der Waals surface area contributed by atoms with Crippen LogP contribution in [0.5, 0.6) is 5.75 Å². The lowest BCUT2D eigenvalue weighted by Crippen LogP contribution is -2.43. The van der Waals surface area contributed by atoms with Crippen LogP contribution >= 0.6 is 0 Å². The second-order valence-corrected chi connectivity index (χ2v) is 7.42. The van der Waals surface area contributed by atoms with E-state index in [1.807, 2.05) is 44.2 Å². The third-order valence-corrected chi connectivity index (χ3v) is 5.04. The SMILES string of the molecule is CCCC[C@H](NC(=O)OCc1ccccc1)C(=O)Oc1ccc2c(CC)cc(=O)oc2c1. The lowest BCUT2D eigenvalue weighted by molar-refractivity contribution is -0.136. The summed E-state index contributed by atoms with van der Waals surface area (Å²) < 4.78 is 16.0. The van der Waals surface area contributed by atoms with E-state index in [0.29, 0.717) is 18.4 Å². The van der Waals surface area contributed by atoms with E-state index < -0.39 is 23.7 Å². The van der Waals surface area contributed by atoms with Crippen molar-refractivity contribution in [2.75, 3.05) is 0 Å². The summed E-state index contributed by atoms with van der Waals surface area (Å²) in [4.78, 5) is 36.8. The van der Waals surface area contributed by atoms with E-state index in [1.54, 1.807) is 12.1 Å². The molecule has 1 amide bonds. The molecule has 7 nitrogen and oxygen atoms in total. The Bertz CT molecular complexity index is 1120. The third kappa shape index (κ3) is 6.20. The van der Waals surface area contributed by atoms with E-state index in [9.17, 15) is 14.4 Å². The minimum absolute atomic E-state index is 0.103. The van der Waals surface area contributed by atoms with Gasteiger partial charge in [-0.05, 0) is 36.1 Å². The van der Waals surface area contributed by atoms with Gasteiger partial charge in [0.25, 0.3) is 0 Å². The summed E-state index contributed by atoms with van der Waals surface area (Å²) in [7, 11) is 0. The van der Waals surface area contributed by atoms with Crippen molar-refractivity contribution in [2.45, 2.75) is 52.2 Å². The van der Waals surface area contributed by atoms with Gasteiger partial charge in [0.2, 0.25) is 0 Å². The molecule has 168 valence electrons. The lowest BCUT2D eigenvalue weighted by atomic mass is 10.1. The average Bonchev–Trinajstić information content (AvgIpc) is 2.80. The highest BCUT2D eigenvalue weighted by atomic mass is 16.6. The monoisotopic (exact) mass is 437 g/mol. The predicted octanol–water partition coefficient (Wildman–Crippen LogP) is 4.75. The number of ether oxygens (including phenoxy) is 2. The average molecular weight is 437 g/mol. The van der Waals surface area contributed by atoms with Crippen LogP contribution in [0.15, 0.2) is 63.8 Å². The van der Waals surface area contributed by atoms with Gasteiger partial charge in [-0.1, -0.05) is 57.0 Å². The molecule has 32 heavy (non-hydrogen) atoms. The van der Waals surface area contributed by atoms with Gasteiger partial charge in [-0.3, -0.25) is 0 Å². The van der Waals surface area contributed by atoms with Crippen LogP contribution in [0.4, 0.5) is 4.79 Å². The second-order valence-electron chi connectivity index (χ2n) is 7.42. The van der Waals surface area contributed by atoms with Gasteiger partial charge in [0.15, 0.2) is 0 Å². The summed E-state index contributed by atoms with van der Waals surface area (Å²) in [5, 5.41) is 3.39. The molecule has 1 atom stereocenters. The van der Waals surface area contributed by atoms with Crippen molar-refractivity contribution in [2.24, 2.45) is 0 Å². The summed E-state index contributed by atoms with van der Waals surface area (Å²) in [5.41, 5.74) is 1.60. The molecule has 0 spiro atoms. The zero-order valence-electron chi connectivity index (χ0n) is 18.3. The fourth-order valence-corrected chi connectivity index (χ4v) is 3.32. The number of hydrogen-bond donors (Lipinski definition) is 1. The second kappa shape index (κ2) is 11.1. The highest BCUT2D eigenvalue weighted by molar-refractivity contribution is 5.85. The van der Waals surface area contributed by atoms with Crippen molar-refractivity contribution < 1.29 is 23.5 Å². The number of aryl methyl sites for hydroxylation is 1. The van der Waals surface area contributed by atoms with Gasteiger partial charge >= 0.3 is 17.7 Å². The van der Waals surface area contributed by atoms with E-state index in [2.05, 4.69) is 5.32 Å². The van der Waals surface area contributed by atoms with Crippen molar-refractivity contribution in [1.29, 1.82) is 0 Å². The molecule has 3 aromatic rings. The maximum atomic E-state index is 12.8. The topological polar surface area (TPSA) is 94.8 Å². The normalized spacial score (nSPS) is 11.7. The molecule has 0 aliphatic rings. The van der Waals surface area contributed by atoms with E-state index in [4.69, 9.17) is 13.9 Å². The summed E-state index contributed by atoms with van der Waals surface area (Å²) in [6.07, 6.45) is 1.98. The summed E-state index contributed by atoms with van der Waals surface area (Å²) in [6.45, 7) is 4.04.